The fraction of sp³-hybridized carbons (Fsp3) is 0.467. The van der Waals surface area contributed by atoms with Crippen LogP contribution in [0.2, 0.25) is 0 Å². The molecule has 1 aromatic carbocycles. The molecule has 0 aliphatic carbocycles. The average Bonchev–Trinajstić information content (AvgIpc) is 3.22. The van der Waals surface area contributed by atoms with Crippen molar-refractivity contribution in [2.45, 2.75) is 18.1 Å². The summed E-state index contributed by atoms with van der Waals surface area (Å²) in [5.74, 6) is 3.16. The van der Waals surface area contributed by atoms with E-state index < -0.39 is 0 Å². The van der Waals surface area contributed by atoms with Crippen molar-refractivity contribution in [1.82, 2.24) is 14.8 Å². The number of hydrogen-bond acceptors (Lipinski definition) is 6. The van der Waals surface area contributed by atoms with Gasteiger partial charge in [0, 0.05) is 18.0 Å². The van der Waals surface area contributed by atoms with Gasteiger partial charge in [0.05, 0.1) is 20.3 Å². The molecular weight excluding hydrogens is 300 g/mol. The van der Waals surface area contributed by atoms with E-state index in [9.17, 15) is 0 Å². The van der Waals surface area contributed by atoms with Crippen LogP contribution in [0.5, 0.6) is 5.75 Å². The highest BCUT2D eigenvalue weighted by Crippen LogP contribution is 2.27. The van der Waals surface area contributed by atoms with E-state index in [-0.39, 0.29) is 0 Å². The SMILES string of the molecule is COc1ccc(-n2c(CN)nnc2SC[C@@H]2CCOC2)cc1. The topological polar surface area (TPSA) is 75.2 Å². The van der Waals surface area contributed by atoms with Crippen LogP contribution in [0.15, 0.2) is 29.4 Å². The third kappa shape index (κ3) is 3.26. The molecule has 0 spiro atoms. The molecule has 1 saturated heterocycles. The maximum Gasteiger partial charge on any atom is 0.195 e. The summed E-state index contributed by atoms with van der Waals surface area (Å²) in [4.78, 5) is 0. The molecular formula is C15H20N4O2S. The second-order valence-corrected chi connectivity index (χ2v) is 6.16. The maximum absolute atomic E-state index is 5.80. The second kappa shape index (κ2) is 7.13. The lowest BCUT2D eigenvalue weighted by Crippen LogP contribution is -2.09. The van der Waals surface area contributed by atoms with Gasteiger partial charge in [-0.2, -0.15) is 0 Å². The van der Waals surface area contributed by atoms with Gasteiger partial charge >= 0.3 is 0 Å². The Kier molecular flexibility index (Phi) is 4.97. The summed E-state index contributed by atoms with van der Waals surface area (Å²) in [5, 5.41) is 9.37. The van der Waals surface area contributed by atoms with Gasteiger partial charge < -0.3 is 15.2 Å². The molecule has 3 rings (SSSR count). The third-order valence-corrected chi connectivity index (χ3v) is 4.85. The van der Waals surface area contributed by atoms with E-state index >= 15 is 0 Å². The predicted molar refractivity (Wildman–Crippen MR) is 85.5 cm³/mol. The highest BCUT2D eigenvalue weighted by molar-refractivity contribution is 7.99. The summed E-state index contributed by atoms with van der Waals surface area (Å²) in [6, 6.07) is 7.83. The van der Waals surface area contributed by atoms with Gasteiger partial charge in [-0.1, -0.05) is 11.8 Å². The number of rotatable bonds is 6. The summed E-state index contributed by atoms with van der Waals surface area (Å²) in [5.41, 5.74) is 6.80. The van der Waals surface area contributed by atoms with E-state index in [4.69, 9.17) is 15.2 Å². The molecule has 1 fully saturated rings. The molecule has 2 heterocycles. The Labute approximate surface area is 134 Å². The largest absolute Gasteiger partial charge is 0.497 e. The number of ether oxygens (including phenoxy) is 2. The smallest absolute Gasteiger partial charge is 0.195 e. The van der Waals surface area contributed by atoms with Crippen molar-refractivity contribution in [2.75, 3.05) is 26.1 Å². The van der Waals surface area contributed by atoms with E-state index in [1.54, 1.807) is 18.9 Å². The maximum atomic E-state index is 5.80. The van der Waals surface area contributed by atoms with Gasteiger partial charge in [-0.05, 0) is 36.6 Å². The summed E-state index contributed by atoms with van der Waals surface area (Å²) >= 11 is 1.71. The Morgan fingerprint density at radius 1 is 1.36 bits per heavy atom. The van der Waals surface area contributed by atoms with Crippen molar-refractivity contribution in [1.29, 1.82) is 0 Å². The van der Waals surface area contributed by atoms with E-state index in [0.29, 0.717) is 12.5 Å². The molecule has 0 bridgehead atoms. The van der Waals surface area contributed by atoms with Crippen LogP contribution in [-0.2, 0) is 11.3 Å². The highest BCUT2D eigenvalue weighted by Gasteiger charge is 2.19. The Hall–Kier alpha value is -1.57. The minimum Gasteiger partial charge on any atom is -0.497 e. The van der Waals surface area contributed by atoms with Crippen LogP contribution >= 0.6 is 11.8 Å². The molecule has 2 aromatic rings. The third-order valence-electron chi connectivity index (χ3n) is 3.69. The molecule has 7 heteroatoms. The van der Waals surface area contributed by atoms with E-state index in [1.807, 2.05) is 28.8 Å². The fourth-order valence-corrected chi connectivity index (χ4v) is 3.51. The average molecular weight is 320 g/mol. The quantitative estimate of drug-likeness (QED) is 0.819. The Bertz CT molecular complexity index is 609. The summed E-state index contributed by atoms with van der Waals surface area (Å²) in [7, 11) is 1.66. The van der Waals surface area contributed by atoms with Crippen molar-refractivity contribution in [2.24, 2.45) is 11.7 Å². The monoisotopic (exact) mass is 320 g/mol. The molecule has 0 saturated carbocycles. The van der Waals surface area contributed by atoms with Gasteiger partial charge in [-0.25, -0.2) is 0 Å². The Morgan fingerprint density at radius 3 is 2.82 bits per heavy atom. The molecule has 1 aliphatic rings. The zero-order valence-corrected chi connectivity index (χ0v) is 13.4. The first kappa shape index (κ1) is 15.3. The van der Waals surface area contributed by atoms with Crippen molar-refractivity contribution in [3.63, 3.8) is 0 Å². The van der Waals surface area contributed by atoms with Crippen LogP contribution in [0.1, 0.15) is 12.2 Å². The van der Waals surface area contributed by atoms with Gasteiger partial charge in [0.1, 0.15) is 5.75 Å². The normalized spacial score (nSPS) is 17.8. The van der Waals surface area contributed by atoms with Crippen LogP contribution in [0, 0.1) is 5.92 Å². The standard InChI is InChI=1S/C15H20N4O2S/c1-20-13-4-2-12(3-5-13)19-14(8-16)17-18-15(19)22-10-11-6-7-21-9-11/h2-5,11H,6-10,16H2,1H3/t11-/m1/s1. The molecule has 0 amide bonds. The zero-order valence-electron chi connectivity index (χ0n) is 12.6. The number of hydrogen-bond donors (Lipinski definition) is 1. The summed E-state index contributed by atoms with van der Waals surface area (Å²) < 4.78 is 12.6. The Morgan fingerprint density at radius 2 is 2.18 bits per heavy atom. The fourth-order valence-electron chi connectivity index (χ4n) is 2.42. The first-order valence-electron chi connectivity index (χ1n) is 7.31. The van der Waals surface area contributed by atoms with Crippen molar-refractivity contribution >= 4 is 11.8 Å². The van der Waals surface area contributed by atoms with Crippen LogP contribution in [0.4, 0.5) is 0 Å². The number of thioether (sulfide) groups is 1. The second-order valence-electron chi connectivity index (χ2n) is 5.18. The van der Waals surface area contributed by atoms with Crippen molar-refractivity contribution in [3.05, 3.63) is 30.1 Å². The molecule has 1 aromatic heterocycles. The molecule has 1 atom stereocenters. The van der Waals surface area contributed by atoms with Gasteiger partial charge in [0.15, 0.2) is 11.0 Å². The lowest BCUT2D eigenvalue weighted by Gasteiger charge is -2.11. The minimum atomic E-state index is 0.353. The van der Waals surface area contributed by atoms with E-state index in [1.165, 1.54) is 0 Å². The van der Waals surface area contributed by atoms with Crippen LogP contribution < -0.4 is 10.5 Å². The molecule has 0 radical (unpaired) electrons. The lowest BCUT2D eigenvalue weighted by molar-refractivity contribution is 0.189. The van der Waals surface area contributed by atoms with Gasteiger partial charge in [-0.15, -0.1) is 10.2 Å². The van der Waals surface area contributed by atoms with Crippen LogP contribution in [-0.4, -0.2) is 40.8 Å². The predicted octanol–water partition coefficient (Wildman–Crippen LogP) is 1.86. The first-order chi connectivity index (χ1) is 10.8. The van der Waals surface area contributed by atoms with Gasteiger partial charge in [-0.3, -0.25) is 4.57 Å². The summed E-state index contributed by atoms with van der Waals surface area (Å²) in [6.07, 6.45) is 1.12. The Balaban J connectivity index is 1.82. The van der Waals surface area contributed by atoms with E-state index in [2.05, 4.69) is 10.2 Å². The summed E-state index contributed by atoms with van der Waals surface area (Å²) in [6.45, 7) is 2.06. The molecule has 1 aliphatic heterocycles. The molecule has 2 N–H and O–H groups in total. The number of aromatic nitrogens is 3. The van der Waals surface area contributed by atoms with E-state index in [0.717, 1.165) is 47.8 Å². The minimum absolute atomic E-state index is 0.353. The van der Waals surface area contributed by atoms with Gasteiger partial charge in [0.25, 0.3) is 0 Å². The molecule has 22 heavy (non-hydrogen) atoms. The van der Waals surface area contributed by atoms with Crippen molar-refractivity contribution < 1.29 is 9.47 Å². The molecule has 118 valence electrons. The molecule has 6 nitrogen and oxygen atoms in total. The zero-order chi connectivity index (χ0) is 15.4. The number of methoxy groups -OCH3 is 1. The number of nitrogens with two attached hydrogens (primary N) is 1. The number of nitrogens with zero attached hydrogens (tertiary/aromatic N) is 3. The lowest BCUT2D eigenvalue weighted by atomic mass is 10.2. The van der Waals surface area contributed by atoms with Crippen LogP contribution in [0.3, 0.4) is 0 Å². The molecule has 0 unspecified atom stereocenters. The highest BCUT2D eigenvalue weighted by atomic mass is 32.2. The van der Waals surface area contributed by atoms with Gasteiger partial charge in [0.2, 0.25) is 0 Å². The number of benzene rings is 1. The van der Waals surface area contributed by atoms with Crippen LogP contribution in [0.25, 0.3) is 5.69 Å². The first-order valence-corrected chi connectivity index (χ1v) is 8.29. The van der Waals surface area contributed by atoms with Crippen molar-refractivity contribution in [3.8, 4) is 11.4 Å².